The summed E-state index contributed by atoms with van der Waals surface area (Å²) in [5, 5.41) is 10.8. The second-order valence-corrected chi connectivity index (χ2v) is 7.11. The molecule has 0 fully saturated rings. The molecule has 0 spiro atoms. The van der Waals surface area contributed by atoms with E-state index in [1.54, 1.807) is 24.3 Å². The number of allylic oxidation sites excluding steroid dienone is 1. The number of carbonyl (C=O) groups excluding carboxylic acids is 1. The zero-order valence-corrected chi connectivity index (χ0v) is 19.2. The first-order valence-electron chi connectivity index (χ1n) is 9.44. The van der Waals surface area contributed by atoms with Gasteiger partial charge in [0.05, 0.1) is 6.61 Å². The number of hydrogen-bond acceptors (Lipinski definition) is 5. The predicted molar refractivity (Wildman–Crippen MR) is 124 cm³/mol. The number of thiol groups is 1. The molecule has 1 aromatic carbocycles. The van der Waals surface area contributed by atoms with Gasteiger partial charge in [0.1, 0.15) is 12.3 Å². The Bertz CT molecular complexity index is 549. The van der Waals surface area contributed by atoms with Gasteiger partial charge in [0, 0.05) is 5.56 Å². The van der Waals surface area contributed by atoms with Crippen molar-refractivity contribution in [3.8, 4) is 5.75 Å². The summed E-state index contributed by atoms with van der Waals surface area (Å²) in [4.78, 5) is 22.1. The van der Waals surface area contributed by atoms with Crippen LogP contribution in [0.1, 0.15) is 50.4 Å². The molecule has 0 atom stereocenters. The summed E-state index contributed by atoms with van der Waals surface area (Å²) in [6, 6.07) is 6.65. The molecule has 1 rings (SSSR count). The topological polar surface area (TPSA) is 75.6 Å². The Morgan fingerprint density at radius 3 is 2.36 bits per heavy atom. The van der Waals surface area contributed by atoms with Crippen LogP contribution in [-0.2, 0) is 4.79 Å². The molecule has 1 amide bonds. The summed E-state index contributed by atoms with van der Waals surface area (Å²) in [5.74, 6) is 1.13. The van der Waals surface area contributed by atoms with E-state index in [-0.39, 0.29) is 0 Å². The first kappa shape index (κ1) is 28.6. The number of rotatable bonds is 10. The van der Waals surface area contributed by atoms with Crippen molar-refractivity contribution in [1.29, 1.82) is 0 Å². The van der Waals surface area contributed by atoms with Crippen molar-refractivity contribution in [2.24, 2.45) is 0 Å². The number of nitrogens with one attached hydrogen (secondary N) is 1. The van der Waals surface area contributed by atoms with Crippen LogP contribution < -0.4 is 10.1 Å². The third-order valence-electron chi connectivity index (χ3n) is 2.80. The molecule has 0 bridgehead atoms. The van der Waals surface area contributed by atoms with Crippen molar-refractivity contribution in [3.63, 3.8) is 0 Å². The zero-order valence-electron chi connectivity index (χ0n) is 17.4. The molecule has 0 heterocycles. The monoisotopic (exact) mass is 429 g/mol. The van der Waals surface area contributed by atoms with Gasteiger partial charge in [0.2, 0.25) is 0 Å². The highest BCUT2D eigenvalue weighted by Crippen LogP contribution is 2.13. The van der Waals surface area contributed by atoms with Gasteiger partial charge < -0.3 is 15.2 Å². The Hall–Kier alpha value is -1.60. The van der Waals surface area contributed by atoms with Gasteiger partial charge in [-0.15, -0.1) is 0 Å². The van der Waals surface area contributed by atoms with E-state index in [0.717, 1.165) is 18.6 Å². The Kier molecular flexibility index (Phi) is 22.2. The number of carbonyl (C=O) groups is 2. The number of benzene rings is 1. The van der Waals surface area contributed by atoms with Crippen LogP contribution in [0.3, 0.4) is 0 Å². The van der Waals surface area contributed by atoms with Gasteiger partial charge in [0.15, 0.2) is 0 Å². The Morgan fingerprint density at radius 2 is 1.82 bits per heavy atom. The lowest BCUT2D eigenvalue weighted by Gasteiger charge is -2.07. The van der Waals surface area contributed by atoms with Gasteiger partial charge in [-0.25, -0.2) is 0 Å². The van der Waals surface area contributed by atoms with Crippen LogP contribution in [0.15, 0.2) is 36.4 Å². The highest BCUT2D eigenvalue weighted by atomic mass is 32.2. The largest absolute Gasteiger partial charge is 0.493 e. The number of carboxylic acid groups (broad SMARTS) is 1. The predicted octanol–water partition coefficient (Wildman–Crippen LogP) is 4.93. The van der Waals surface area contributed by atoms with Gasteiger partial charge in [-0.2, -0.15) is 24.4 Å². The van der Waals surface area contributed by atoms with E-state index < -0.39 is 18.4 Å². The summed E-state index contributed by atoms with van der Waals surface area (Å²) in [6.45, 7) is 6.51. The van der Waals surface area contributed by atoms with E-state index >= 15 is 0 Å². The van der Waals surface area contributed by atoms with Gasteiger partial charge in [0.25, 0.3) is 5.91 Å². The SMILES string of the molecule is CCC.CCSC.O=C(O)CNC(=O)c1cccc(OCC/C=C/CCS)c1. The molecule has 0 aliphatic rings. The normalized spacial score (nSPS) is 9.61. The molecule has 0 aliphatic carbocycles. The third-order valence-corrected chi connectivity index (χ3v) is 3.64. The molecule has 160 valence electrons. The number of thioether (sulfide) groups is 1. The molecule has 0 saturated carbocycles. The quantitative estimate of drug-likeness (QED) is 0.279. The van der Waals surface area contributed by atoms with Crippen LogP contribution in [0.5, 0.6) is 5.75 Å². The zero-order chi connectivity index (χ0) is 21.6. The molecule has 28 heavy (non-hydrogen) atoms. The minimum Gasteiger partial charge on any atom is -0.493 e. The highest BCUT2D eigenvalue weighted by molar-refractivity contribution is 7.98. The average molecular weight is 430 g/mol. The van der Waals surface area contributed by atoms with Crippen molar-refractivity contribution >= 4 is 36.3 Å². The fourth-order valence-corrected chi connectivity index (χ4v) is 1.69. The van der Waals surface area contributed by atoms with Gasteiger partial charge >= 0.3 is 5.97 Å². The van der Waals surface area contributed by atoms with E-state index in [1.165, 1.54) is 12.2 Å². The molecule has 0 unspecified atom stereocenters. The number of aliphatic carboxylic acids is 1. The second-order valence-electron chi connectivity index (χ2n) is 5.51. The fourth-order valence-electron chi connectivity index (χ4n) is 1.54. The van der Waals surface area contributed by atoms with Crippen molar-refractivity contribution in [2.45, 2.75) is 40.0 Å². The van der Waals surface area contributed by atoms with Crippen molar-refractivity contribution in [2.75, 3.05) is 30.9 Å². The molecular weight excluding hydrogens is 394 g/mol. The maximum absolute atomic E-state index is 11.7. The van der Waals surface area contributed by atoms with Gasteiger partial charge in [-0.3, -0.25) is 9.59 Å². The molecule has 0 aliphatic heterocycles. The van der Waals surface area contributed by atoms with Crippen molar-refractivity contribution in [3.05, 3.63) is 42.0 Å². The van der Waals surface area contributed by atoms with E-state index in [9.17, 15) is 9.59 Å². The number of hydrogen-bond donors (Lipinski definition) is 3. The van der Waals surface area contributed by atoms with Gasteiger partial charge in [-0.05, 0) is 48.8 Å². The molecule has 0 aromatic heterocycles. The van der Waals surface area contributed by atoms with E-state index in [2.05, 4.69) is 45.0 Å². The summed E-state index contributed by atoms with van der Waals surface area (Å²) in [6.07, 6.45) is 9.14. The van der Waals surface area contributed by atoms with E-state index in [1.807, 2.05) is 23.9 Å². The minimum atomic E-state index is -1.08. The summed E-state index contributed by atoms with van der Waals surface area (Å²) >= 11 is 5.96. The molecule has 7 heteroatoms. The smallest absolute Gasteiger partial charge is 0.322 e. The summed E-state index contributed by atoms with van der Waals surface area (Å²) < 4.78 is 5.54. The first-order chi connectivity index (χ1) is 13.5. The molecule has 0 saturated heterocycles. The van der Waals surface area contributed by atoms with Crippen LogP contribution >= 0.6 is 24.4 Å². The highest BCUT2D eigenvalue weighted by Gasteiger charge is 2.07. The van der Waals surface area contributed by atoms with Crippen molar-refractivity contribution in [1.82, 2.24) is 5.32 Å². The first-order valence-corrected chi connectivity index (χ1v) is 11.5. The van der Waals surface area contributed by atoms with Crippen LogP contribution in [0.4, 0.5) is 0 Å². The van der Waals surface area contributed by atoms with Crippen molar-refractivity contribution < 1.29 is 19.4 Å². The standard InChI is InChI=1S/C15H19NO4S.C3H8S.C3H8/c17-14(18)11-16-15(19)12-6-5-7-13(10-12)20-8-3-1-2-4-9-21;1-3-4-2;1-3-2/h1-2,5-7,10,21H,3-4,8-9,11H2,(H,16,19)(H,17,18);3H2,1-2H3;3H2,1-2H3/b2-1+;;. The Morgan fingerprint density at radius 1 is 1.21 bits per heavy atom. The molecule has 5 nitrogen and oxygen atoms in total. The Balaban J connectivity index is 0. The lowest BCUT2D eigenvalue weighted by molar-refractivity contribution is -0.135. The molecular formula is C21H35NO4S2. The van der Waals surface area contributed by atoms with E-state index in [0.29, 0.717) is 17.9 Å². The summed E-state index contributed by atoms with van der Waals surface area (Å²) in [5.41, 5.74) is 0.374. The lowest BCUT2D eigenvalue weighted by atomic mass is 10.2. The Labute approximate surface area is 179 Å². The number of carboxylic acids is 1. The lowest BCUT2D eigenvalue weighted by Crippen LogP contribution is -2.29. The maximum atomic E-state index is 11.7. The van der Waals surface area contributed by atoms with Crippen LogP contribution in [-0.4, -0.2) is 47.9 Å². The molecule has 2 N–H and O–H groups in total. The third kappa shape index (κ3) is 19.2. The van der Waals surface area contributed by atoms with E-state index in [4.69, 9.17) is 9.84 Å². The summed E-state index contributed by atoms with van der Waals surface area (Å²) in [7, 11) is 0. The van der Waals surface area contributed by atoms with Crippen LogP contribution in [0, 0.1) is 0 Å². The van der Waals surface area contributed by atoms with Crippen LogP contribution in [0.2, 0.25) is 0 Å². The average Bonchev–Trinajstić information content (AvgIpc) is 2.69. The molecule has 0 radical (unpaired) electrons. The second kappa shape index (κ2) is 21.7. The minimum absolute atomic E-state index is 0.374. The fraction of sp³-hybridized carbons (Fsp3) is 0.524. The number of ether oxygens (including phenoxy) is 1. The maximum Gasteiger partial charge on any atom is 0.322 e. The molecule has 1 aromatic rings. The number of amides is 1. The van der Waals surface area contributed by atoms with Crippen LogP contribution in [0.25, 0.3) is 0 Å². The van der Waals surface area contributed by atoms with Gasteiger partial charge in [-0.1, -0.05) is 45.4 Å².